The van der Waals surface area contributed by atoms with Gasteiger partial charge in [0.1, 0.15) is 0 Å². The van der Waals surface area contributed by atoms with Crippen LogP contribution < -0.4 is 20.1 Å². The van der Waals surface area contributed by atoms with Crippen LogP contribution in [-0.4, -0.2) is 26.0 Å². The zero-order chi connectivity index (χ0) is 20.0. The van der Waals surface area contributed by atoms with Crippen LogP contribution >= 0.6 is 23.2 Å². The molecule has 0 aliphatic carbocycles. The van der Waals surface area contributed by atoms with Crippen LogP contribution in [0.25, 0.3) is 6.08 Å². The van der Waals surface area contributed by atoms with E-state index in [1.807, 2.05) is 0 Å². The Balaban J connectivity index is 2.16. The molecule has 27 heavy (non-hydrogen) atoms. The average molecular weight is 409 g/mol. The van der Waals surface area contributed by atoms with Gasteiger partial charge in [0.05, 0.1) is 30.0 Å². The summed E-state index contributed by atoms with van der Waals surface area (Å²) in [4.78, 5) is 23.3. The third-order valence-corrected chi connectivity index (χ3v) is 4.04. The number of nitrogens with one attached hydrogen (secondary N) is 2. The molecule has 8 heteroatoms. The molecule has 0 spiro atoms. The highest BCUT2D eigenvalue weighted by molar-refractivity contribution is 6.34. The fraction of sp³-hybridized carbons (Fsp3) is 0.158. The van der Waals surface area contributed by atoms with E-state index in [9.17, 15) is 9.59 Å². The number of benzene rings is 2. The van der Waals surface area contributed by atoms with E-state index in [-0.39, 0.29) is 5.91 Å². The highest BCUT2D eigenvalue weighted by Gasteiger charge is 2.10. The molecule has 2 aromatic rings. The molecule has 0 aliphatic heterocycles. The van der Waals surface area contributed by atoms with Crippen molar-refractivity contribution in [3.8, 4) is 11.5 Å². The third-order valence-electron chi connectivity index (χ3n) is 3.43. The van der Waals surface area contributed by atoms with Crippen molar-refractivity contribution in [1.29, 1.82) is 0 Å². The minimum Gasteiger partial charge on any atom is -0.493 e. The monoisotopic (exact) mass is 408 g/mol. The van der Waals surface area contributed by atoms with Crippen molar-refractivity contribution in [2.45, 2.75) is 6.92 Å². The SMILES string of the molecule is COc1cc(/C=C/C(=O)Nc2cc(NC(C)=O)ccc2Cl)cc(Cl)c1OC. The summed E-state index contributed by atoms with van der Waals surface area (Å²) in [6, 6.07) is 8.14. The highest BCUT2D eigenvalue weighted by atomic mass is 35.5. The summed E-state index contributed by atoms with van der Waals surface area (Å²) in [6.07, 6.45) is 2.91. The molecule has 0 fully saturated rings. The minimum absolute atomic E-state index is 0.222. The Morgan fingerprint density at radius 3 is 2.37 bits per heavy atom. The first-order valence-corrected chi connectivity index (χ1v) is 8.57. The molecular weight excluding hydrogens is 391 g/mol. The first-order chi connectivity index (χ1) is 12.8. The van der Waals surface area contributed by atoms with E-state index in [2.05, 4.69) is 10.6 Å². The topological polar surface area (TPSA) is 76.7 Å². The molecule has 0 aliphatic rings. The van der Waals surface area contributed by atoms with Gasteiger partial charge in [-0.2, -0.15) is 0 Å². The third kappa shape index (κ3) is 5.64. The van der Waals surface area contributed by atoms with Gasteiger partial charge in [-0.05, 0) is 42.0 Å². The smallest absolute Gasteiger partial charge is 0.248 e. The second-order valence-corrected chi connectivity index (χ2v) is 6.25. The molecule has 0 saturated heterocycles. The van der Waals surface area contributed by atoms with E-state index in [1.165, 1.54) is 27.2 Å². The first kappa shape index (κ1) is 20.6. The summed E-state index contributed by atoms with van der Waals surface area (Å²) < 4.78 is 10.4. The van der Waals surface area contributed by atoms with Crippen LogP contribution in [0.3, 0.4) is 0 Å². The lowest BCUT2D eigenvalue weighted by Gasteiger charge is -2.10. The fourth-order valence-corrected chi connectivity index (χ4v) is 2.74. The van der Waals surface area contributed by atoms with Gasteiger partial charge in [-0.1, -0.05) is 23.2 Å². The molecule has 6 nitrogen and oxygen atoms in total. The van der Waals surface area contributed by atoms with Crippen molar-refractivity contribution in [3.63, 3.8) is 0 Å². The highest BCUT2D eigenvalue weighted by Crippen LogP contribution is 2.36. The Morgan fingerprint density at radius 2 is 1.74 bits per heavy atom. The molecule has 0 saturated carbocycles. The predicted octanol–water partition coefficient (Wildman–Crippen LogP) is 4.62. The zero-order valence-electron chi connectivity index (χ0n) is 14.9. The maximum atomic E-state index is 12.2. The van der Waals surface area contributed by atoms with Crippen LogP contribution in [0.5, 0.6) is 11.5 Å². The number of rotatable bonds is 6. The molecule has 2 rings (SSSR count). The first-order valence-electron chi connectivity index (χ1n) is 7.81. The molecule has 2 N–H and O–H groups in total. The lowest BCUT2D eigenvalue weighted by atomic mass is 10.2. The molecule has 2 aromatic carbocycles. The second-order valence-electron chi connectivity index (χ2n) is 5.44. The Morgan fingerprint density at radius 1 is 1.00 bits per heavy atom. The Hall–Kier alpha value is -2.70. The standard InChI is InChI=1S/C19H18Cl2N2O4/c1-11(24)22-13-5-6-14(20)16(10-13)23-18(25)7-4-12-8-15(21)19(27-3)17(9-12)26-2/h4-10H,1-3H3,(H,22,24)(H,23,25)/b7-4+. The molecule has 0 bridgehead atoms. The molecule has 0 heterocycles. The number of halogens is 2. The fourth-order valence-electron chi connectivity index (χ4n) is 2.28. The number of amides is 2. The van der Waals surface area contributed by atoms with Crippen molar-refractivity contribution in [2.75, 3.05) is 24.9 Å². The summed E-state index contributed by atoms with van der Waals surface area (Å²) in [5, 5.41) is 6.00. The van der Waals surface area contributed by atoms with E-state index >= 15 is 0 Å². The number of carbonyl (C=O) groups excluding carboxylic acids is 2. The van der Waals surface area contributed by atoms with Gasteiger partial charge in [0.15, 0.2) is 11.5 Å². The van der Waals surface area contributed by atoms with E-state index < -0.39 is 5.91 Å². The number of ether oxygens (including phenoxy) is 2. The lowest BCUT2D eigenvalue weighted by Crippen LogP contribution is -2.10. The van der Waals surface area contributed by atoms with Gasteiger partial charge in [0, 0.05) is 18.7 Å². The van der Waals surface area contributed by atoms with Gasteiger partial charge in [-0.25, -0.2) is 0 Å². The number of hydrogen-bond acceptors (Lipinski definition) is 4. The van der Waals surface area contributed by atoms with Crippen molar-refractivity contribution in [2.24, 2.45) is 0 Å². The summed E-state index contributed by atoms with van der Waals surface area (Å²) in [6.45, 7) is 1.39. The molecular formula is C19H18Cl2N2O4. The molecule has 0 radical (unpaired) electrons. The number of anilines is 2. The van der Waals surface area contributed by atoms with E-state index in [1.54, 1.807) is 36.4 Å². The van der Waals surface area contributed by atoms with Crippen LogP contribution in [0.4, 0.5) is 11.4 Å². The summed E-state index contributed by atoms with van der Waals surface area (Å²) >= 11 is 12.2. The van der Waals surface area contributed by atoms with Gasteiger partial charge in [-0.3, -0.25) is 9.59 Å². The predicted molar refractivity (Wildman–Crippen MR) is 108 cm³/mol. The maximum Gasteiger partial charge on any atom is 0.248 e. The van der Waals surface area contributed by atoms with Gasteiger partial charge in [0.25, 0.3) is 0 Å². The van der Waals surface area contributed by atoms with Gasteiger partial charge < -0.3 is 20.1 Å². The van der Waals surface area contributed by atoms with Crippen molar-refractivity contribution < 1.29 is 19.1 Å². The van der Waals surface area contributed by atoms with Crippen LogP contribution in [-0.2, 0) is 9.59 Å². The molecule has 0 aromatic heterocycles. The van der Waals surface area contributed by atoms with Gasteiger partial charge in [0.2, 0.25) is 11.8 Å². The van der Waals surface area contributed by atoms with Crippen LogP contribution in [0, 0.1) is 0 Å². The maximum absolute atomic E-state index is 12.2. The van der Waals surface area contributed by atoms with Crippen LogP contribution in [0.15, 0.2) is 36.4 Å². The van der Waals surface area contributed by atoms with E-state index in [4.69, 9.17) is 32.7 Å². The Kier molecular flexibility index (Phi) is 7.10. The van der Waals surface area contributed by atoms with Gasteiger partial charge >= 0.3 is 0 Å². The summed E-state index contributed by atoms with van der Waals surface area (Å²) in [5.41, 5.74) is 1.56. The van der Waals surface area contributed by atoms with E-state index in [0.717, 1.165) is 0 Å². The van der Waals surface area contributed by atoms with Crippen LogP contribution in [0.1, 0.15) is 12.5 Å². The molecule has 0 unspecified atom stereocenters. The van der Waals surface area contributed by atoms with Crippen LogP contribution in [0.2, 0.25) is 10.0 Å². The second kappa shape index (κ2) is 9.30. The minimum atomic E-state index is -0.400. The average Bonchev–Trinajstić information content (AvgIpc) is 2.61. The molecule has 2 amide bonds. The lowest BCUT2D eigenvalue weighted by molar-refractivity contribution is -0.114. The van der Waals surface area contributed by atoms with E-state index in [0.29, 0.717) is 38.5 Å². The number of hydrogen-bond donors (Lipinski definition) is 2. The Bertz CT molecular complexity index is 898. The Labute approximate surface area is 167 Å². The van der Waals surface area contributed by atoms with Crippen molar-refractivity contribution >= 4 is 52.5 Å². The van der Waals surface area contributed by atoms with Crippen molar-refractivity contribution in [1.82, 2.24) is 0 Å². The summed E-state index contributed by atoms with van der Waals surface area (Å²) in [5.74, 6) is 0.251. The van der Waals surface area contributed by atoms with Crippen molar-refractivity contribution in [3.05, 3.63) is 52.0 Å². The molecule has 142 valence electrons. The number of carbonyl (C=O) groups is 2. The van der Waals surface area contributed by atoms with Gasteiger partial charge in [-0.15, -0.1) is 0 Å². The number of methoxy groups -OCH3 is 2. The summed E-state index contributed by atoms with van der Waals surface area (Å²) in [7, 11) is 2.99. The largest absolute Gasteiger partial charge is 0.493 e. The zero-order valence-corrected chi connectivity index (χ0v) is 16.4. The molecule has 0 atom stereocenters. The quantitative estimate of drug-likeness (QED) is 0.683. The normalized spacial score (nSPS) is 10.6.